The number of hydrogen-bond donors (Lipinski definition) is 0. The fourth-order valence-electron chi connectivity index (χ4n) is 0. The van der Waals surface area contributed by atoms with Crippen LogP contribution in [-0.2, 0) is 0 Å². The summed E-state index contributed by atoms with van der Waals surface area (Å²) in [7, 11) is 0. The second-order valence-electron chi connectivity index (χ2n) is 3.12. The Hall–Kier alpha value is 0. The first-order valence-electron chi connectivity index (χ1n) is 6.91. The molecule has 0 amide bonds. The van der Waals surface area contributed by atoms with Gasteiger partial charge in [0.1, 0.15) is 0 Å². The Labute approximate surface area is 93.5 Å². The van der Waals surface area contributed by atoms with Crippen LogP contribution >= 0.6 is 0 Å². The van der Waals surface area contributed by atoms with Crippen LogP contribution in [0, 0.1) is 0 Å². The molecule has 0 radical (unpaired) electrons. The summed E-state index contributed by atoms with van der Waals surface area (Å²) in [5.74, 6) is 0. The lowest BCUT2D eigenvalue weighted by Crippen LogP contribution is -1.47. The van der Waals surface area contributed by atoms with Crippen LogP contribution in [0.3, 0.4) is 0 Å². The minimum Gasteiger partial charge on any atom is -0.0683 e. The van der Waals surface area contributed by atoms with E-state index in [2.05, 4.69) is 13.8 Å². The molecule has 90 valence electrons. The van der Waals surface area contributed by atoms with Crippen molar-refractivity contribution in [2.75, 3.05) is 0 Å². The summed E-state index contributed by atoms with van der Waals surface area (Å²) >= 11 is 0. The van der Waals surface area contributed by atoms with Crippen LogP contribution in [0.25, 0.3) is 0 Å². The van der Waals surface area contributed by atoms with Crippen LogP contribution < -0.4 is 0 Å². The van der Waals surface area contributed by atoms with E-state index in [1.54, 1.807) is 0 Å². The third kappa shape index (κ3) is 161. The molecule has 0 nitrogen and oxygen atoms in total. The maximum atomic E-state index is 2.18. The van der Waals surface area contributed by atoms with E-state index in [0.29, 0.717) is 0 Å². The summed E-state index contributed by atoms with van der Waals surface area (Å²) in [5.41, 5.74) is 0. The number of hydrogen-bond acceptors (Lipinski definition) is 0. The molecule has 0 atom stereocenters. The van der Waals surface area contributed by atoms with Gasteiger partial charge >= 0.3 is 0 Å². The van der Waals surface area contributed by atoms with E-state index in [0.717, 1.165) is 0 Å². The molecule has 0 N–H and O–H groups in total. The molecule has 2 rings (SSSR count). The van der Waals surface area contributed by atoms with E-state index in [4.69, 9.17) is 0 Å². The molecule has 2 saturated carbocycles. The van der Waals surface area contributed by atoms with Gasteiger partial charge in [0.2, 0.25) is 0 Å². The van der Waals surface area contributed by atoms with E-state index in [1.165, 1.54) is 51.4 Å². The van der Waals surface area contributed by atoms with Gasteiger partial charge in [-0.1, -0.05) is 92.9 Å². The molecule has 0 aliphatic heterocycles. The average Bonchev–Trinajstić information content (AvgIpc) is 3.17. The molecule has 0 aromatic rings. The quantitative estimate of drug-likeness (QED) is 0.475. The van der Waals surface area contributed by atoms with Gasteiger partial charge in [0.05, 0.1) is 0 Å². The normalized spacial score (nSPS) is 13.3. The van der Waals surface area contributed by atoms with Crippen LogP contribution in [0.5, 0.6) is 0 Å². The first-order valence-corrected chi connectivity index (χ1v) is 6.91. The predicted octanol–water partition coefficient (Wildman–Crippen LogP) is 6.20. The second kappa shape index (κ2) is 29.2. The topological polar surface area (TPSA) is 0 Å². The zero-order chi connectivity index (χ0) is 11.7. The van der Waals surface area contributed by atoms with Crippen molar-refractivity contribution in [1.82, 2.24) is 0 Å². The van der Waals surface area contributed by atoms with Gasteiger partial charge < -0.3 is 0 Å². The van der Waals surface area contributed by atoms with Gasteiger partial charge in [-0.05, 0) is 0 Å². The molecule has 14 heavy (non-hydrogen) atoms. The lowest BCUT2D eigenvalue weighted by atomic mass is 10.4. The van der Waals surface area contributed by atoms with Crippen molar-refractivity contribution in [2.24, 2.45) is 0 Å². The SMILES string of the molecule is C1CC1.C1CC1.CC.CC.CCCC. The molecule has 0 bridgehead atoms. The lowest BCUT2D eigenvalue weighted by molar-refractivity contribution is 0.886. The van der Waals surface area contributed by atoms with Gasteiger partial charge in [-0.2, -0.15) is 0 Å². The van der Waals surface area contributed by atoms with E-state index in [9.17, 15) is 0 Å². The molecular weight excluding hydrogens is 168 g/mol. The third-order valence-corrected chi connectivity index (χ3v) is 1.21. The summed E-state index contributed by atoms with van der Waals surface area (Å²) in [6, 6.07) is 0. The lowest BCUT2D eigenvalue weighted by Gasteiger charge is -1.68. The highest BCUT2D eigenvalue weighted by Gasteiger charge is 1.95. The monoisotopic (exact) mass is 202 g/mol. The van der Waals surface area contributed by atoms with Crippen molar-refractivity contribution >= 4 is 0 Å². The minimum absolute atomic E-state index is 1.32. The Morgan fingerprint density at radius 2 is 0.643 bits per heavy atom. The van der Waals surface area contributed by atoms with E-state index >= 15 is 0 Å². The van der Waals surface area contributed by atoms with Crippen molar-refractivity contribution in [1.29, 1.82) is 0 Å². The fraction of sp³-hybridized carbons (Fsp3) is 1.00. The van der Waals surface area contributed by atoms with Crippen LogP contribution in [0.15, 0.2) is 0 Å². The van der Waals surface area contributed by atoms with Gasteiger partial charge in [-0.3, -0.25) is 0 Å². The first-order chi connectivity index (χ1) is 6.91. The summed E-state index contributed by atoms with van der Waals surface area (Å²) < 4.78 is 0. The van der Waals surface area contributed by atoms with Gasteiger partial charge in [-0.25, -0.2) is 0 Å². The van der Waals surface area contributed by atoms with E-state index < -0.39 is 0 Å². The zero-order valence-electron chi connectivity index (χ0n) is 11.7. The minimum atomic E-state index is 1.32. The van der Waals surface area contributed by atoms with Crippen LogP contribution in [0.4, 0.5) is 0 Å². The molecule has 0 heteroatoms. The van der Waals surface area contributed by atoms with Crippen molar-refractivity contribution in [3.8, 4) is 0 Å². The number of unbranched alkanes of at least 4 members (excludes halogenated alkanes) is 1. The molecule has 2 aliphatic rings. The highest BCUT2D eigenvalue weighted by Crippen LogP contribution is 2.15. The van der Waals surface area contributed by atoms with Crippen molar-refractivity contribution in [2.45, 2.75) is 92.9 Å². The highest BCUT2D eigenvalue weighted by atomic mass is 14.0. The third-order valence-electron chi connectivity index (χ3n) is 1.21. The van der Waals surface area contributed by atoms with Crippen LogP contribution in [0.2, 0.25) is 0 Å². The summed E-state index contributed by atoms with van der Waals surface area (Å²) in [6.07, 6.45) is 11.6. The molecular formula is C14H34. The van der Waals surface area contributed by atoms with Gasteiger partial charge in [0.25, 0.3) is 0 Å². The van der Waals surface area contributed by atoms with E-state index in [-0.39, 0.29) is 0 Å². The zero-order valence-corrected chi connectivity index (χ0v) is 11.7. The summed E-state index contributed by atoms with van der Waals surface area (Å²) in [6.45, 7) is 12.4. The molecule has 0 saturated heterocycles. The molecule has 0 aromatic carbocycles. The van der Waals surface area contributed by atoms with Crippen LogP contribution in [-0.4, -0.2) is 0 Å². The van der Waals surface area contributed by atoms with Crippen molar-refractivity contribution < 1.29 is 0 Å². The molecule has 2 aliphatic carbocycles. The second-order valence-corrected chi connectivity index (χ2v) is 3.12. The highest BCUT2D eigenvalue weighted by molar-refractivity contribution is 4.51. The van der Waals surface area contributed by atoms with Gasteiger partial charge in [0, 0.05) is 0 Å². The molecule has 0 unspecified atom stereocenters. The largest absolute Gasteiger partial charge is 0.0683 e. The van der Waals surface area contributed by atoms with Gasteiger partial charge in [-0.15, -0.1) is 0 Å². The average molecular weight is 202 g/mol. The van der Waals surface area contributed by atoms with Crippen molar-refractivity contribution in [3.05, 3.63) is 0 Å². The number of rotatable bonds is 1. The molecule has 0 aromatic heterocycles. The first kappa shape index (κ1) is 19.6. The Morgan fingerprint density at radius 3 is 0.643 bits per heavy atom. The molecule has 2 fully saturated rings. The Morgan fingerprint density at radius 1 is 0.500 bits per heavy atom. The smallest absolute Gasteiger partial charge is 0.0533 e. The standard InChI is InChI=1S/C4H10.2C3H6.2C2H6/c1-3-4-2;2*1-2-3-1;2*1-2/h3-4H2,1-2H3;2*1-3H2;2*1-2H3. The molecule has 0 heterocycles. The predicted molar refractivity (Wildman–Crippen MR) is 71.0 cm³/mol. The Kier molecular flexibility index (Phi) is 40.9. The van der Waals surface area contributed by atoms with Crippen LogP contribution in [0.1, 0.15) is 92.9 Å². The molecule has 0 spiro atoms. The maximum absolute atomic E-state index is 2.18. The van der Waals surface area contributed by atoms with E-state index in [1.807, 2.05) is 27.7 Å². The summed E-state index contributed by atoms with van der Waals surface area (Å²) in [4.78, 5) is 0. The Bertz CT molecular complexity index is 30.5. The summed E-state index contributed by atoms with van der Waals surface area (Å²) in [5, 5.41) is 0. The maximum Gasteiger partial charge on any atom is -0.0533 e. The fourth-order valence-corrected chi connectivity index (χ4v) is 0. The van der Waals surface area contributed by atoms with Crippen molar-refractivity contribution in [3.63, 3.8) is 0 Å². The Balaban J connectivity index is -0.000000111. The van der Waals surface area contributed by atoms with Gasteiger partial charge in [0.15, 0.2) is 0 Å².